The summed E-state index contributed by atoms with van der Waals surface area (Å²) in [5.41, 5.74) is 4.58. The van der Waals surface area contributed by atoms with Gasteiger partial charge in [0.05, 0.1) is 11.4 Å². The number of carbonyl (C=O) groups excluding carboxylic acids is 1. The number of imidazole rings is 1. The molecule has 5 nitrogen and oxygen atoms in total. The van der Waals surface area contributed by atoms with Crippen LogP contribution >= 0.6 is 0 Å². The van der Waals surface area contributed by atoms with Crippen molar-refractivity contribution in [3.05, 3.63) is 48.3 Å². The summed E-state index contributed by atoms with van der Waals surface area (Å²) in [5, 5.41) is 2.81. The third-order valence-corrected chi connectivity index (χ3v) is 3.52. The number of aromatic nitrogens is 2. The Kier molecular flexibility index (Phi) is 3.50. The lowest BCUT2D eigenvalue weighted by molar-refractivity contribution is -0.118. The number of pyridine rings is 1. The number of amides is 1. The second-order valence-electron chi connectivity index (χ2n) is 5.14. The maximum Gasteiger partial charge on any atom is 0.262 e. The topological polar surface area (TPSA) is 55.6 Å². The molecule has 0 unspecified atom stereocenters. The summed E-state index contributed by atoms with van der Waals surface area (Å²) < 4.78 is 7.35. The van der Waals surface area contributed by atoms with Crippen molar-refractivity contribution < 1.29 is 21.9 Å². The minimum atomic E-state index is -0.134. The van der Waals surface area contributed by atoms with Gasteiger partial charge in [0.15, 0.2) is 6.61 Å². The zero-order valence-corrected chi connectivity index (χ0v) is 12.6. The number of benzene rings is 1. The lowest BCUT2D eigenvalue weighted by atomic mass is 10.1. The second-order valence-corrected chi connectivity index (χ2v) is 5.14. The van der Waals surface area contributed by atoms with Crippen LogP contribution in [-0.2, 0) is 4.79 Å². The quantitative estimate of drug-likeness (QED) is 0.668. The molecule has 0 spiro atoms. The maximum atomic E-state index is 11.4. The van der Waals surface area contributed by atoms with Gasteiger partial charge in [-0.3, -0.25) is 4.79 Å². The molecule has 0 saturated heterocycles. The molecule has 1 aliphatic rings. The number of aryl methyl sites for hydroxylation is 1. The zero-order valence-electron chi connectivity index (χ0n) is 11.8. The van der Waals surface area contributed by atoms with Crippen molar-refractivity contribution in [3.8, 4) is 17.0 Å². The van der Waals surface area contributed by atoms with Crippen molar-refractivity contribution in [2.45, 2.75) is 6.92 Å². The number of hydrogen-bond donors (Lipinski definition) is 1. The van der Waals surface area contributed by atoms with E-state index in [1.807, 2.05) is 54.0 Å². The van der Waals surface area contributed by atoms with Gasteiger partial charge in [0.2, 0.25) is 0 Å². The summed E-state index contributed by atoms with van der Waals surface area (Å²) >= 11 is 0. The fourth-order valence-electron chi connectivity index (χ4n) is 2.47. The van der Waals surface area contributed by atoms with E-state index in [1.165, 1.54) is 5.56 Å². The number of nitrogens with one attached hydrogen (secondary N) is 1. The highest BCUT2D eigenvalue weighted by molar-refractivity contribution is 5.96. The summed E-state index contributed by atoms with van der Waals surface area (Å²) in [4.78, 5) is 16.0. The fraction of sp³-hybridized carbons (Fsp3) is 0.125. The van der Waals surface area contributed by atoms with Crippen LogP contribution in [0.2, 0.25) is 0 Å². The highest BCUT2D eigenvalue weighted by Gasteiger charge is 2.17. The van der Waals surface area contributed by atoms with E-state index in [9.17, 15) is 4.79 Å². The Bertz CT molecular complexity index is 873. The lowest BCUT2D eigenvalue weighted by Gasteiger charge is -2.18. The summed E-state index contributed by atoms with van der Waals surface area (Å²) in [7, 11) is 0. The van der Waals surface area contributed by atoms with Crippen LogP contribution in [0, 0.1) is 6.92 Å². The third-order valence-electron chi connectivity index (χ3n) is 3.52. The third kappa shape index (κ3) is 2.40. The fourth-order valence-corrected chi connectivity index (χ4v) is 2.47. The van der Waals surface area contributed by atoms with E-state index < -0.39 is 0 Å². The summed E-state index contributed by atoms with van der Waals surface area (Å²) in [6.07, 6.45) is 3.96. The molecule has 0 atom stereocenters. The van der Waals surface area contributed by atoms with Gasteiger partial charge in [-0.2, -0.15) is 0 Å². The molecule has 1 amide bonds. The molecule has 1 aliphatic heterocycles. The van der Waals surface area contributed by atoms with Gasteiger partial charge in [-0.05, 0) is 42.8 Å². The van der Waals surface area contributed by atoms with E-state index >= 15 is 0 Å². The van der Waals surface area contributed by atoms with Crippen LogP contribution in [0.4, 0.5) is 5.69 Å². The number of halogens is 1. The van der Waals surface area contributed by atoms with Gasteiger partial charge in [0.1, 0.15) is 11.4 Å². The van der Waals surface area contributed by atoms with Crippen LogP contribution in [0.5, 0.6) is 5.75 Å². The molecule has 4 rings (SSSR count). The molecule has 3 aromatic rings. The predicted octanol–water partition coefficient (Wildman–Crippen LogP) is -0.355. The molecule has 0 aliphatic carbocycles. The van der Waals surface area contributed by atoms with E-state index in [4.69, 9.17) is 4.74 Å². The Morgan fingerprint density at radius 3 is 3.00 bits per heavy atom. The van der Waals surface area contributed by atoms with Gasteiger partial charge in [-0.25, -0.2) is 4.98 Å². The standard InChI is InChI=1S/C16H13N3O2.ClH/c1-10-4-5-19-8-13(17-15(19)6-10)11-2-3-14-12(7-11)18-16(20)9-21-14;/h2-8H,9H2,1H3,(H,18,20);1H/p-1. The average Bonchev–Trinajstić information content (AvgIpc) is 2.89. The molecule has 0 radical (unpaired) electrons. The number of rotatable bonds is 1. The second kappa shape index (κ2) is 5.35. The number of hydrogen-bond acceptors (Lipinski definition) is 3. The number of fused-ring (bicyclic) bond motifs is 2. The van der Waals surface area contributed by atoms with Crippen molar-refractivity contribution in [2.75, 3.05) is 11.9 Å². The van der Waals surface area contributed by atoms with Gasteiger partial charge < -0.3 is 26.9 Å². The monoisotopic (exact) mass is 314 g/mol. The van der Waals surface area contributed by atoms with Crippen LogP contribution in [-0.4, -0.2) is 21.9 Å². The first-order valence-corrected chi connectivity index (χ1v) is 6.71. The minimum Gasteiger partial charge on any atom is -1.00 e. The Morgan fingerprint density at radius 1 is 1.27 bits per heavy atom. The summed E-state index contributed by atoms with van der Waals surface area (Å²) in [5.74, 6) is 0.559. The normalized spacial score (nSPS) is 13.0. The van der Waals surface area contributed by atoms with Gasteiger partial charge in [0, 0.05) is 18.0 Å². The molecule has 2 aromatic heterocycles. The number of nitrogens with zero attached hydrogens (tertiary/aromatic N) is 2. The van der Waals surface area contributed by atoms with Crippen LogP contribution in [0.25, 0.3) is 16.9 Å². The minimum absolute atomic E-state index is 0. The molecule has 1 aromatic carbocycles. The molecule has 0 bridgehead atoms. The molecular weight excluding hydrogens is 302 g/mol. The molecule has 1 N–H and O–H groups in total. The Balaban J connectivity index is 0.00000144. The van der Waals surface area contributed by atoms with Crippen LogP contribution in [0.15, 0.2) is 42.7 Å². The highest BCUT2D eigenvalue weighted by atomic mass is 35.5. The Labute approximate surface area is 133 Å². The number of carbonyl (C=O) groups is 1. The van der Waals surface area contributed by atoms with Crippen molar-refractivity contribution in [1.29, 1.82) is 0 Å². The number of ether oxygens (including phenoxy) is 1. The SMILES string of the molecule is Cc1ccn2cc(-c3ccc4c(c3)NC(=O)CO4)nc2c1.[Cl-]. The van der Waals surface area contributed by atoms with Gasteiger partial charge >= 0.3 is 0 Å². The number of anilines is 1. The van der Waals surface area contributed by atoms with Crippen molar-refractivity contribution in [1.82, 2.24) is 9.38 Å². The summed E-state index contributed by atoms with van der Waals surface area (Å²) in [6.45, 7) is 2.11. The molecule has 6 heteroatoms. The molecule has 0 fully saturated rings. The first-order chi connectivity index (χ1) is 10.2. The van der Waals surface area contributed by atoms with Crippen LogP contribution in [0.1, 0.15) is 5.56 Å². The van der Waals surface area contributed by atoms with Gasteiger partial charge in [0.25, 0.3) is 5.91 Å². The predicted molar refractivity (Wildman–Crippen MR) is 79.5 cm³/mol. The van der Waals surface area contributed by atoms with Crippen LogP contribution in [0.3, 0.4) is 0 Å². The largest absolute Gasteiger partial charge is 1.00 e. The van der Waals surface area contributed by atoms with E-state index in [1.54, 1.807) is 0 Å². The molecule has 0 saturated carbocycles. The molecule has 112 valence electrons. The van der Waals surface area contributed by atoms with Gasteiger partial charge in [-0.1, -0.05) is 0 Å². The highest BCUT2D eigenvalue weighted by Crippen LogP contribution is 2.32. The smallest absolute Gasteiger partial charge is 0.262 e. The maximum absolute atomic E-state index is 11.4. The first-order valence-electron chi connectivity index (χ1n) is 6.71. The average molecular weight is 315 g/mol. The van der Waals surface area contributed by atoms with E-state index in [0.29, 0.717) is 11.4 Å². The zero-order chi connectivity index (χ0) is 14.4. The van der Waals surface area contributed by atoms with E-state index in [-0.39, 0.29) is 24.9 Å². The molecular formula is C16H13ClN3O2-. The van der Waals surface area contributed by atoms with E-state index in [0.717, 1.165) is 16.9 Å². The Morgan fingerprint density at radius 2 is 2.14 bits per heavy atom. The van der Waals surface area contributed by atoms with Gasteiger partial charge in [-0.15, -0.1) is 0 Å². The molecule has 3 heterocycles. The van der Waals surface area contributed by atoms with Crippen molar-refractivity contribution >= 4 is 17.2 Å². The summed E-state index contributed by atoms with van der Waals surface area (Å²) in [6, 6.07) is 9.78. The van der Waals surface area contributed by atoms with E-state index in [2.05, 4.69) is 10.3 Å². The molecule has 22 heavy (non-hydrogen) atoms. The Hall–Kier alpha value is -2.53. The first kappa shape index (κ1) is 14.4. The van der Waals surface area contributed by atoms with Crippen LogP contribution < -0.4 is 22.5 Å². The lowest BCUT2D eigenvalue weighted by Crippen LogP contribution is -3.00. The van der Waals surface area contributed by atoms with Crippen molar-refractivity contribution in [3.63, 3.8) is 0 Å². The van der Waals surface area contributed by atoms with Crippen molar-refractivity contribution in [2.24, 2.45) is 0 Å².